The van der Waals surface area contributed by atoms with Crippen LogP contribution in [-0.2, 0) is 9.59 Å². The highest BCUT2D eigenvalue weighted by Crippen LogP contribution is 2.45. The van der Waals surface area contributed by atoms with Gasteiger partial charge in [-0.2, -0.15) is 0 Å². The van der Waals surface area contributed by atoms with Gasteiger partial charge < -0.3 is 24.4 Å². The number of aromatic hydroxyl groups is 1. The van der Waals surface area contributed by atoms with Gasteiger partial charge in [0.15, 0.2) is 34.5 Å². The van der Waals surface area contributed by atoms with E-state index < -0.39 is 17.7 Å². The lowest BCUT2D eigenvalue weighted by molar-refractivity contribution is -0.118. The second-order valence-corrected chi connectivity index (χ2v) is 6.81. The van der Waals surface area contributed by atoms with Gasteiger partial charge in [0.1, 0.15) is 0 Å². The summed E-state index contributed by atoms with van der Waals surface area (Å²) in [4.78, 5) is 27.0. The lowest BCUT2D eigenvalue weighted by Crippen LogP contribution is -2.31. The molecular weight excluding hydrogens is 390 g/mol. The third kappa shape index (κ3) is 3.10. The summed E-state index contributed by atoms with van der Waals surface area (Å²) in [5, 5.41) is 20.6. The first kappa shape index (κ1) is 19.6. The van der Waals surface area contributed by atoms with Crippen molar-refractivity contribution in [3.05, 3.63) is 53.3 Å². The molecule has 1 unspecified atom stereocenters. The van der Waals surface area contributed by atoms with Crippen LogP contribution in [0.1, 0.15) is 31.9 Å². The third-order valence-corrected chi connectivity index (χ3v) is 5.06. The molecular formula is C22H21NO7. The summed E-state index contributed by atoms with van der Waals surface area (Å²) in [5.41, 5.74) is 0.960. The van der Waals surface area contributed by atoms with Crippen molar-refractivity contribution >= 4 is 17.4 Å². The Morgan fingerprint density at radius 2 is 1.90 bits per heavy atom. The van der Waals surface area contributed by atoms with Crippen molar-refractivity contribution in [2.24, 2.45) is 0 Å². The van der Waals surface area contributed by atoms with E-state index in [1.54, 1.807) is 44.2 Å². The van der Waals surface area contributed by atoms with Gasteiger partial charge in [-0.25, -0.2) is 0 Å². The predicted octanol–water partition coefficient (Wildman–Crippen LogP) is 3.40. The number of ether oxygens (including phenoxy) is 3. The van der Waals surface area contributed by atoms with Crippen molar-refractivity contribution in [3.8, 4) is 23.0 Å². The maximum absolute atomic E-state index is 13.0. The van der Waals surface area contributed by atoms with Crippen LogP contribution in [0, 0.1) is 0 Å². The molecule has 2 N–H and O–H groups in total. The molecule has 1 amide bonds. The van der Waals surface area contributed by atoms with Gasteiger partial charge in [0.05, 0.1) is 18.2 Å². The van der Waals surface area contributed by atoms with E-state index >= 15 is 0 Å². The lowest BCUT2D eigenvalue weighted by Gasteiger charge is -2.27. The van der Waals surface area contributed by atoms with Crippen molar-refractivity contribution in [2.45, 2.75) is 26.3 Å². The van der Waals surface area contributed by atoms with Crippen molar-refractivity contribution in [1.82, 2.24) is 0 Å². The van der Waals surface area contributed by atoms with Crippen LogP contribution < -0.4 is 19.1 Å². The van der Waals surface area contributed by atoms with E-state index in [0.29, 0.717) is 29.4 Å². The van der Waals surface area contributed by atoms with Gasteiger partial charge in [-0.3, -0.25) is 14.5 Å². The van der Waals surface area contributed by atoms with Crippen LogP contribution in [0.3, 0.4) is 0 Å². The first-order valence-corrected chi connectivity index (χ1v) is 9.61. The number of aliphatic hydroxyl groups excluding tert-OH is 1. The fourth-order valence-electron chi connectivity index (χ4n) is 3.67. The van der Waals surface area contributed by atoms with E-state index in [2.05, 4.69) is 0 Å². The topological polar surface area (TPSA) is 106 Å². The maximum atomic E-state index is 13.0. The summed E-state index contributed by atoms with van der Waals surface area (Å²) >= 11 is 0. The zero-order chi connectivity index (χ0) is 21.4. The van der Waals surface area contributed by atoms with Crippen LogP contribution in [0.5, 0.6) is 23.0 Å². The number of ketones is 1. The van der Waals surface area contributed by atoms with Crippen molar-refractivity contribution in [1.29, 1.82) is 0 Å². The molecule has 8 heteroatoms. The molecule has 1 atom stereocenters. The van der Waals surface area contributed by atoms with E-state index in [4.69, 9.17) is 14.2 Å². The Labute approximate surface area is 172 Å². The number of anilines is 1. The average Bonchev–Trinajstić information content (AvgIpc) is 3.31. The molecule has 2 heterocycles. The molecule has 2 aliphatic rings. The summed E-state index contributed by atoms with van der Waals surface area (Å²) in [7, 11) is 0. The Kier molecular flexibility index (Phi) is 4.99. The number of amides is 1. The molecule has 2 aromatic rings. The highest BCUT2D eigenvalue weighted by molar-refractivity contribution is 6.16. The first-order valence-electron chi connectivity index (χ1n) is 9.61. The summed E-state index contributed by atoms with van der Waals surface area (Å²) in [6.07, 6.45) is 0.120. The standard InChI is InChI=1S/C22H21NO7/c1-3-14(24)19-20(12-5-7-15(25)17(9-12)28-4-2)23(22(27)21(19)26)13-6-8-16-18(10-13)30-11-29-16/h5-10,20,25-26H,3-4,11H2,1-2H3. The lowest BCUT2D eigenvalue weighted by atomic mass is 9.94. The van der Waals surface area contributed by atoms with Crippen molar-refractivity contribution in [3.63, 3.8) is 0 Å². The monoisotopic (exact) mass is 411 g/mol. The number of hydrogen-bond acceptors (Lipinski definition) is 7. The van der Waals surface area contributed by atoms with Gasteiger partial charge in [0.25, 0.3) is 5.91 Å². The molecule has 0 aromatic heterocycles. The SMILES string of the molecule is CCOc1cc(C2C(C(=O)CC)=C(O)C(=O)N2c2ccc3c(c2)OCO3)ccc1O. The van der Waals surface area contributed by atoms with E-state index in [1.807, 2.05) is 0 Å². The number of aliphatic hydroxyl groups is 1. The quantitative estimate of drug-likeness (QED) is 0.750. The molecule has 0 saturated carbocycles. The van der Waals surface area contributed by atoms with E-state index in [1.165, 1.54) is 11.0 Å². The molecule has 0 aliphatic carbocycles. The largest absolute Gasteiger partial charge is 0.504 e. The number of phenolic OH excluding ortho intramolecular Hbond substituents is 1. The summed E-state index contributed by atoms with van der Waals surface area (Å²) in [6, 6.07) is 8.67. The van der Waals surface area contributed by atoms with E-state index in [0.717, 1.165) is 0 Å². The molecule has 0 spiro atoms. The number of carbonyl (C=O) groups is 2. The van der Waals surface area contributed by atoms with Crippen molar-refractivity contribution < 1.29 is 34.0 Å². The number of Topliss-reactive ketones (excluding diaryl/α,β-unsaturated/α-hetero) is 1. The van der Waals surface area contributed by atoms with Gasteiger partial charge in [0, 0.05) is 18.2 Å². The average molecular weight is 411 g/mol. The minimum atomic E-state index is -0.884. The van der Waals surface area contributed by atoms with Crippen LogP contribution in [0.25, 0.3) is 0 Å². The van der Waals surface area contributed by atoms with Crippen molar-refractivity contribution in [2.75, 3.05) is 18.3 Å². The van der Waals surface area contributed by atoms with Gasteiger partial charge in [0.2, 0.25) is 6.79 Å². The molecule has 0 bridgehead atoms. The second kappa shape index (κ2) is 7.62. The summed E-state index contributed by atoms with van der Waals surface area (Å²) in [6.45, 7) is 3.85. The fourth-order valence-corrected chi connectivity index (χ4v) is 3.67. The molecule has 30 heavy (non-hydrogen) atoms. The third-order valence-electron chi connectivity index (χ3n) is 5.06. The smallest absolute Gasteiger partial charge is 0.294 e. The van der Waals surface area contributed by atoms with Gasteiger partial charge >= 0.3 is 0 Å². The molecule has 0 fully saturated rings. The predicted molar refractivity (Wildman–Crippen MR) is 107 cm³/mol. The highest BCUT2D eigenvalue weighted by atomic mass is 16.7. The van der Waals surface area contributed by atoms with Gasteiger partial charge in [-0.05, 0) is 36.8 Å². The second-order valence-electron chi connectivity index (χ2n) is 6.81. The normalized spacial score (nSPS) is 17.6. The van der Waals surface area contributed by atoms with E-state index in [-0.39, 0.29) is 36.1 Å². The molecule has 0 saturated heterocycles. The van der Waals surface area contributed by atoms with Gasteiger partial charge in [-0.15, -0.1) is 0 Å². The minimum absolute atomic E-state index is 0.00769. The van der Waals surface area contributed by atoms with E-state index in [9.17, 15) is 19.8 Å². The number of hydrogen-bond donors (Lipinski definition) is 2. The molecule has 2 aliphatic heterocycles. The number of phenols is 1. The Morgan fingerprint density at radius 1 is 1.13 bits per heavy atom. The van der Waals surface area contributed by atoms with Crippen LogP contribution >= 0.6 is 0 Å². The molecule has 156 valence electrons. The fraction of sp³-hybridized carbons (Fsp3) is 0.273. The number of fused-ring (bicyclic) bond motifs is 1. The Balaban J connectivity index is 1.86. The Bertz CT molecular complexity index is 1060. The molecule has 2 aromatic carbocycles. The van der Waals surface area contributed by atoms with Crippen LogP contribution in [0.4, 0.5) is 5.69 Å². The number of nitrogens with zero attached hydrogens (tertiary/aromatic N) is 1. The van der Waals surface area contributed by atoms with Crippen LogP contribution in [0.2, 0.25) is 0 Å². The maximum Gasteiger partial charge on any atom is 0.294 e. The molecule has 4 rings (SSSR count). The zero-order valence-corrected chi connectivity index (χ0v) is 16.5. The zero-order valence-electron chi connectivity index (χ0n) is 16.5. The number of benzene rings is 2. The summed E-state index contributed by atoms with van der Waals surface area (Å²) < 4.78 is 16.2. The highest BCUT2D eigenvalue weighted by Gasteiger charge is 2.44. The molecule has 0 radical (unpaired) electrons. The number of carbonyl (C=O) groups excluding carboxylic acids is 2. The minimum Gasteiger partial charge on any atom is -0.504 e. The Morgan fingerprint density at radius 3 is 2.63 bits per heavy atom. The summed E-state index contributed by atoms with van der Waals surface area (Å²) in [5.74, 6) is -0.446. The van der Waals surface area contributed by atoms with Crippen LogP contribution in [-0.4, -0.2) is 35.3 Å². The Hall–Kier alpha value is -3.68. The van der Waals surface area contributed by atoms with Crippen LogP contribution in [0.15, 0.2) is 47.7 Å². The number of rotatable bonds is 6. The first-order chi connectivity index (χ1) is 14.5. The van der Waals surface area contributed by atoms with Gasteiger partial charge in [-0.1, -0.05) is 13.0 Å². The molecule has 8 nitrogen and oxygen atoms in total.